The van der Waals surface area contributed by atoms with Crippen LogP contribution >= 0.6 is 10.9 Å². The molecule has 3 amide bonds. The Hall–Kier alpha value is -6.34. The number of imidazole rings is 1. The Morgan fingerprint density at radius 3 is 2.50 bits per heavy atom. The average molecular weight is 812 g/mol. The quantitative estimate of drug-likeness (QED) is 0.0313. The van der Waals surface area contributed by atoms with Gasteiger partial charge in [-0.25, -0.2) is 9.97 Å². The monoisotopic (exact) mass is 811 g/mol. The standard InChI is InChI=1S/C40H45N9O8S/c1-48(25-36-45-31-11-5-6-12-32(31)46-36)39(53)26-14-16-30-29(20-26)24-49(40(54)33(44-30)21-37(50)51)19-9-3-2-8-18-41-38(52)28-15-17-35(42-22-28)47-43-23-27-10-4-7-13-34(27)58(55,56)57/h4-7,10-17,20,22-23,33,44,55-57H,2-3,8-9,18-19,21,24-25H2,1H3,(H,41,52)(H,42,47)(H,45,46)(H,50,51)/b43-23+. The van der Waals surface area contributed by atoms with Gasteiger partial charge in [0.25, 0.3) is 11.8 Å². The number of pyridine rings is 1. The van der Waals surface area contributed by atoms with Gasteiger partial charge in [-0.3, -0.25) is 24.6 Å². The highest BCUT2D eigenvalue weighted by Gasteiger charge is 2.31. The molecule has 0 saturated carbocycles. The zero-order valence-electron chi connectivity index (χ0n) is 31.7. The van der Waals surface area contributed by atoms with Crippen molar-refractivity contribution < 1.29 is 37.9 Å². The molecule has 0 bridgehead atoms. The van der Waals surface area contributed by atoms with E-state index >= 15 is 0 Å². The SMILES string of the molecule is CN(Cc1nc2ccccc2[nH]1)C(=O)c1ccc2c(c1)CN(CCCCCCNC(=O)c1ccc(N/N=C/c3ccccc3S(O)(O)O)nc1)C(=O)C(CC(=O)O)N2. The lowest BCUT2D eigenvalue weighted by molar-refractivity contribution is -0.141. The summed E-state index contributed by atoms with van der Waals surface area (Å²) in [5, 5.41) is 19.5. The second kappa shape index (κ2) is 18.7. The number of para-hydroxylation sites is 2. The van der Waals surface area contributed by atoms with E-state index in [1.807, 2.05) is 24.3 Å². The van der Waals surface area contributed by atoms with Gasteiger partial charge in [0.15, 0.2) is 0 Å². The fourth-order valence-electron chi connectivity index (χ4n) is 6.54. The van der Waals surface area contributed by atoms with E-state index in [1.165, 1.54) is 18.5 Å². The highest BCUT2D eigenvalue weighted by Crippen LogP contribution is 2.44. The molecule has 8 N–H and O–H groups in total. The third kappa shape index (κ3) is 10.7. The molecule has 1 aliphatic rings. The minimum absolute atomic E-state index is 0.0622. The number of hydrazone groups is 1. The van der Waals surface area contributed by atoms with Gasteiger partial charge in [0.05, 0.1) is 40.7 Å². The van der Waals surface area contributed by atoms with Crippen molar-refractivity contribution >= 4 is 63.3 Å². The molecule has 0 spiro atoms. The Labute approximate surface area is 335 Å². The van der Waals surface area contributed by atoms with Crippen LogP contribution in [0.15, 0.2) is 95.1 Å². The summed E-state index contributed by atoms with van der Waals surface area (Å²) in [6.07, 6.45) is 5.21. The first-order valence-electron chi connectivity index (χ1n) is 18.6. The number of H-pyrrole nitrogens is 1. The van der Waals surface area contributed by atoms with Crippen LogP contribution in [0.25, 0.3) is 11.0 Å². The first kappa shape index (κ1) is 41.3. The Bertz CT molecular complexity index is 2260. The number of aliphatic carboxylic acids is 1. The van der Waals surface area contributed by atoms with E-state index in [9.17, 15) is 37.9 Å². The second-order valence-electron chi connectivity index (χ2n) is 13.8. The van der Waals surface area contributed by atoms with E-state index in [1.54, 1.807) is 65.4 Å². The van der Waals surface area contributed by atoms with E-state index in [4.69, 9.17) is 0 Å². The average Bonchev–Trinajstić information content (AvgIpc) is 3.56. The van der Waals surface area contributed by atoms with Crippen LogP contribution in [0, 0.1) is 0 Å². The lowest BCUT2D eigenvalue weighted by Crippen LogP contribution is -2.42. The van der Waals surface area contributed by atoms with Gasteiger partial charge in [0, 0.05) is 49.7 Å². The fraction of sp³-hybridized carbons (Fsp3) is 0.275. The molecule has 18 heteroatoms. The normalized spacial score (nSPS) is 14.4. The van der Waals surface area contributed by atoms with Crippen molar-refractivity contribution in [2.45, 2.75) is 56.1 Å². The van der Waals surface area contributed by atoms with Gasteiger partial charge < -0.3 is 44.2 Å². The molecule has 2 aromatic heterocycles. The van der Waals surface area contributed by atoms with E-state index in [2.05, 4.69) is 36.1 Å². The van der Waals surface area contributed by atoms with Gasteiger partial charge in [-0.15, -0.1) is 0 Å². The highest BCUT2D eigenvalue weighted by molar-refractivity contribution is 8.19. The zero-order valence-corrected chi connectivity index (χ0v) is 32.5. The Morgan fingerprint density at radius 1 is 0.983 bits per heavy atom. The largest absolute Gasteiger partial charge is 0.481 e. The van der Waals surface area contributed by atoms with Crippen LogP contribution < -0.4 is 16.1 Å². The maximum atomic E-state index is 13.5. The third-order valence-electron chi connectivity index (χ3n) is 9.47. The van der Waals surface area contributed by atoms with Crippen LogP contribution in [-0.2, 0) is 22.7 Å². The molecule has 3 heterocycles. The van der Waals surface area contributed by atoms with Crippen LogP contribution in [0.1, 0.15) is 69.8 Å². The Balaban J connectivity index is 0.963. The molecule has 1 unspecified atom stereocenters. The zero-order chi connectivity index (χ0) is 41.2. The molecular formula is C40H45N9O8S. The summed E-state index contributed by atoms with van der Waals surface area (Å²) in [5.41, 5.74) is 6.80. The molecule has 0 aliphatic carbocycles. The van der Waals surface area contributed by atoms with Crippen LogP contribution in [0.5, 0.6) is 0 Å². The number of amides is 3. The van der Waals surface area contributed by atoms with Crippen molar-refractivity contribution in [1.82, 2.24) is 30.1 Å². The molecule has 6 rings (SSSR count). The van der Waals surface area contributed by atoms with Gasteiger partial charge in [0.2, 0.25) is 5.91 Å². The minimum Gasteiger partial charge on any atom is -0.481 e. The Kier molecular flexibility index (Phi) is 13.3. The van der Waals surface area contributed by atoms with Gasteiger partial charge in [-0.2, -0.15) is 5.10 Å². The predicted octanol–water partition coefficient (Wildman–Crippen LogP) is 5.85. The topological polar surface area (TPSA) is 246 Å². The summed E-state index contributed by atoms with van der Waals surface area (Å²) in [6.45, 7) is 1.29. The fourth-order valence-corrected chi connectivity index (χ4v) is 7.23. The number of aromatic nitrogens is 3. The number of carbonyl (C=O) groups excluding carboxylic acids is 3. The number of nitrogens with zero attached hydrogens (tertiary/aromatic N) is 5. The number of unbranched alkanes of at least 4 members (excludes halogenated alkanes) is 3. The number of benzene rings is 3. The van der Waals surface area contributed by atoms with Crippen LogP contribution in [0.4, 0.5) is 11.5 Å². The van der Waals surface area contributed by atoms with Crippen LogP contribution in [0.2, 0.25) is 0 Å². The lowest BCUT2D eigenvalue weighted by Gasteiger charge is -2.24. The molecular weight excluding hydrogens is 767 g/mol. The first-order valence-corrected chi connectivity index (χ1v) is 20.1. The van der Waals surface area contributed by atoms with E-state index in [-0.39, 0.29) is 35.7 Å². The van der Waals surface area contributed by atoms with Crippen molar-refractivity contribution in [3.8, 4) is 0 Å². The molecule has 1 atom stereocenters. The number of carboxylic acids is 1. The number of rotatable bonds is 17. The van der Waals surface area contributed by atoms with Crippen LogP contribution in [-0.4, -0.2) is 99.6 Å². The predicted molar refractivity (Wildman–Crippen MR) is 220 cm³/mol. The molecule has 304 valence electrons. The summed E-state index contributed by atoms with van der Waals surface area (Å²) in [5.74, 6) is -0.953. The lowest BCUT2D eigenvalue weighted by atomic mass is 10.1. The maximum Gasteiger partial charge on any atom is 0.305 e. The number of anilines is 2. The van der Waals surface area contributed by atoms with Crippen molar-refractivity contribution in [3.05, 3.63) is 113 Å². The maximum absolute atomic E-state index is 13.5. The number of fused-ring (bicyclic) bond motifs is 2. The molecule has 0 fully saturated rings. The van der Waals surface area contributed by atoms with Crippen molar-refractivity contribution in [3.63, 3.8) is 0 Å². The van der Waals surface area contributed by atoms with Gasteiger partial charge in [-0.05, 0) is 66.9 Å². The smallest absolute Gasteiger partial charge is 0.305 e. The van der Waals surface area contributed by atoms with Crippen molar-refractivity contribution in [2.75, 3.05) is 30.9 Å². The van der Waals surface area contributed by atoms with Crippen molar-refractivity contribution in [1.29, 1.82) is 0 Å². The summed E-state index contributed by atoms with van der Waals surface area (Å²) < 4.78 is 28.8. The summed E-state index contributed by atoms with van der Waals surface area (Å²) >= 11 is 0. The number of hydrogen-bond donors (Lipinski definition) is 8. The van der Waals surface area contributed by atoms with Gasteiger partial charge in [0.1, 0.15) is 28.6 Å². The Morgan fingerprint density at radius 2 is 1.74 bits per heavy atom. The third-order valence-corrected chi connectivity index (χ3v) is 10.4. The van der Waals surface area contributed by atoms with Crippen LogP contribution in [0.3, 0.4) is 0 Å². The summed E-state index contributed by atoms with van der Waals surface area (Å²) in [7, 11) is -2.22. The first-order chi connectivity index (χ1) is 27.9. The highest BCUT2D eigenvalue weighted by atomic mass is 32.3. The molecule has 0 saturated heterocycles. The molecule has 58 heavy (non-hydrogen) atoms. The number of aromatic amines is 1. The van der Waals surface area contributed by atoms with E-state index in [0.29, 0.717) is 65.5 Å². The minimum atomic E-state index is -3.92. The van der Waals surface area contributed by atoms with Crippen molar-refractivity contribution in [2.24, 2.45) is 5.10 Å². The molecule has 5 aromatic rings. The van der Waals surface area contributed by atoms with E-state index < -0.39 is 29.3 Å². The molecule has 1 aliphatic heterocycles. The molecule has 3 aromatic carbocycles. The van der Waals surface area contributed by atoms with E-state index in [0.717, 1.165) is 23.9 Å². The number of carbonyl (C=O) groups is 4. The number of hydrogen-bond acceptors (Lipinski definition) is 12. The summed E-state index contributed by atoms with van der Waals surface area (Å²) in [4.78, 5) is 66.5. The van der Waals surface area contributed by atoms with Gasteiger partial charge >= 0.3 is 5.97 Å². The molecule has 0 radical (unpaired) electrons. The summed E-state index contributed by atoms with van der Waals surface area (Å²) in [6, 6.07) is 21.1. The second-order valence-corrected chi connectivity index (χ2v) is 15.3. The van der Waals surface area contributed by atoms with Gasteiger partial charge in [-0.1, -0.05) is 43.2 Å². The number of nitrogens with one attached hydrogen (secondary N) is 4. The number of carboxylic acid groups (broad SMARTS) is 1. The molecule has 17 nitrogen and oxygen atoms in total.